The van der Waals surface area contributed by atoms with E-state index in [9.17, 15) is 4.79 Å². The average Bonchev–Trinajstić information content (AvgIpc) is 2.60. The van der Waals surface area contributed by atoms with Crippen LogP contribution in [-0.2, 0) is 6.42 Å². The van der Waals surface area contributed by atoms with E-state index < -0.39 is 0 Å². The van der Waals surface area contributed by atoms with Gasteiger partial charge in [0, 0.05) is 11.6 Å². The largest absolute Gasteiger partial charge is 0.493 e. The van der Waals surface area contributed by atoms with Crippen molar-refractivity contribution in [3.8, 4) is 11.5 Å². The number of hydrogen-bond donors (Lipinski definition) is 0. The van der Waals surface area contributed by atoms with Crippen LogP contribution in [0.15, 0.2) is 48.5 Å². The molecule has 0 aliphatic heterocycles. The number of carbonyl (C=O) groups excluding carboxylic acids is 1. The van der Waals surface area contributed by atoms with Crippen molar-refractivity contribution in [2.45, 2.75) is 40.0 Å². The number of ketones is 1. The van der Waals surface area contributed by atoms with Crippen molar-refractivity contribution in [3.63, 3.8) is 0 Å². The highest BCUT2D eigenvalue weighted by Gasteiger charge is 2.08. The van der Waals surface area contributed by atoms with E-state index in [0.717, 1.165) is 25.0 Å². The first kappa shape index (κ1) is 19.0. The molecule has 2 aromatic rings. The van der Waals surface area contributed by atoms with Crippen molar-refractivity contribution in [3.05, 3.63) is 59.7 Å². The summed E-state index contributed by atoms with van der Waals surface area (Å²) < 4.78 is 11.3. The second-order valence-electron chi connectivity index (χ2n) is 6.68. The van der Waals surface area contributed by atoms with Crippen molar-refractivity contribution in [1.82, 2.24) is 0 Å². The molecule has 2 rings (SSSR count). The van der Waals surface area contributed by atoms with Gasteiger partial charge in [-0.3, -0.25) is 4.79 Å². The summed E-state index contributed by atoms with van der Waals surface area (Å²) in [6.07, 6.45) is 3.15. The summed E-state index contributed by atoms with van der Waals surface area (Å²) in [6.45, 7) is 7.23. The van der Waals surface area contributed by atoms with Crippen LogP contribution in [0.25, 0.3) is 0 Å². The lowest BCUT2D eigenvalue weighted by Crippen LogP contribution is -2.11. The zero-order valence-corrected chi connectivity index (χ0v) is 15.5. The van der Waals surface area contributed by atoms with Gasteiger partial charge in [0.15, 0.2) is 12.4 Å². The quantitative estimate of drug-likeness (QED) is 0.433. The molecule has 0 bridgehead atoms. The third-order valence-corrected chi connectivity index (χ3v) is 3.86. The van der Waals surface area contributed by atoms with Crippen LogP contribution < -0.4 is 9.47 Å². The number of rotatable bonds is 10. The van der Waals surface area contributed by atoms with E-state index in [0.29, 0.717) is 23.8 Å². The molecule has 3 heteroatoms. The highest BCUT2D eigenvalue weighted by molar-refractivity contribution is 5.97. The molecule has 0 aliphatic rings. The molecule has 0 aromatic heterocycles. The van der Waals surface area contributed by atoms with Gasteiger partial charge in [-0.05, 0) is 36.5 Å². The van der Waals surface area contributed by atoms with Crippen molar-refractivity contribution in [2.75, 3.05) is 13.2 Å². The zero-order chi connectivity index (χ0) is 18.1. The van der Waals surface area contributed by atoms with Crippen molar-refractivity contribution < 1.29 is 14.3 Å². The zero-order valence-electron chi connectivity index (χ0n) is 15.5. The monoisotopic (exact) mass is 340 g/mol. The fourth-order valence-corrected chi connectivity index (χ4v) is 2.52. The Bertz CT molecular complexity index is 659. The second kappa shape index (κ2) is 9.87. The van der Waals surface area contributed by atoms with Gasteiger partial charge in [-0.25, -0.2) is 0 Å². The SMILES string of the molecule is CCCCOc1cccc(OCC(=O)c2ccc(CC(C)C)cc2)c1. The summed E-state index contributed by atoms with van der Waals surface area (Å²) in [5, 5.41) is 0. The van der Waals surface area contributed by atoms with E-state index in [2.05, 4.69) is 20.8 Å². The third kappa shape index (κ3) is 6.61. The minimum absolute atomic E-state index is 0.0200. The van der Waals surface area contributed by atoms with E-state index in [1.54, 1.807) is 0 Å². The molecule has 0 N–H and O–H groups in total. The van der Waals surface area contributed by atoms with Crippen LogP contribution in [0.3, 0.4) is 0 Å². The Labute approximate surface area is 151 Å². The van der Waals surface area contributed by atoms with Crippen LogP contribution in [0.5, 0.6) is 11.5 Å². The molecule has 134 valence electrons. The van der Waals surface area contributed by atoms with Gasteiger partial charge in [0.25, 0.3) is 0 Å². The van der Waals surface area contributed by atoms with Gasteiger partial charge < -0.3 is 9.47 Å². The van der Waals surface area contributed by atoms with Gasteiger partial charge >= 0.3 is 0 Å². The number of ether oxygens (including phenoxy) is 2. The molecule has 0 heterocycles. The van der Waals surface area contributed by atoms with Gasteiger partial charge in [-0.2, -0.15) is 0 Å². The first-order chi connectivity index (χ1) is 12.1. The molecule has 0 unspecified atom stereocenters. The Kier molecular flexibility index (Phi) is 7.52. The second-order valence-corrected chi connectivity index (χ2v) is 6.68. The van der Waals surface area contributed by atoms with Gasteiger partial charge in [0.05, 0.1) is 6.61 Å². The topological polar surface area (TPSA) is 35.5 Å². The number of hydrogen-bond acceptors (Lipinski definition) is 3. The third-order valence-electron chi connectivity index (χ3n) is 3.86. The van der Waals surface area contributed by atoms with Gasteiger partial charge in [0.2, 0.25) is 0 Å². The highest BCUT2D eigenvalue weighted by Crippen LogP contribution is 2.20. The maximum absolute atomic E-state index is 12.3. The fraction of sp³-hybridized carbons (Fsp3) is 0.409. The molecule has 0 amide bonds. The summed E-state index contributed by atoms with van der Waals surface area (Å²) in [5.74, 6) is 2.01. The Morgan fingerprint density at radius 1 is 1.00 bits per heavy atom. The normalized spacial score (nSPS) is 10.7. The molecular weight excluding hydrogens is 312 g/mol. The van der Waals surface area contributed by atoms with E-state index in [1.165, 1.54) is 5.56 Å². The summed E-state index contributed by atoms with van der Waals surface area (Å²) >= 11 is 0. The lowest BCUT2D eigenvalue weighted by atomic mass is 10.0. The standard InChI is InChI=1S/C22H28O3/c1-4-5-13-24-20-7-6-8-21(15-20)25-16-22(23)19-11-9-18(10-12-19)14-17(2)3/h6-12,15,17H,4-5,13-14,16H2,1-3H3. The van der Waals surface area contributed by atoms with Crippen molar-refractivity contribution in [1.29, 1.82) is 0 Å². The van der Waals surface area contributed by atoms with Crippen LogP contribution in [0.4, 0.5) is 0 Å². The predicted octanol–water partition coefficient (Wildman–Crippen LogP) is 5.33. The smallest absolute Gasteiger partial charge is 0.200 e. The molecule has 0 atom stereocenters. The Morgan fingerprint density at radius 3 is 2.32 bits per heavy atom. The molecule has 0 saturated carbocycles. The minimum atomic E-state index is -0.0200. The van der Waals surface area contributed by atoms with Crippen LogP contribution >= 0.6 is 0 Å². The Morgan fingerprint density at radius 2 is 1.68 bits per heavy atom. The molecule has 0 fully saturated rings. The molecule has 0 spiro atoms. The average molecular weight is 340 g/mol. The maximum atomic E-state index is 12.3. The number of Topliss-reactive ketones (excluding diaryl/α,β-unsaturated/α-hetero) is 1. The fourth-order valence-electron chi connectivity index (χ4n) is 2.52. The van der Waals surface area contributed by atoms with E-state index in [4.69, 9.17) is 9.47 Å². The molecule has 2 aromatic carbocycles. The summed E-state index contributed by atoms with van der Waals surface area (Å²) in [4.78, 5) is 12.3. The summed E-state index contributed by atoms with van der Waals surface area (Å²) in [6, 6.07) is 15.3. The highest BCUT2D eigenvalue weighted by atomic mass is 16.5. The summed E-state index contributed by atoms with van der Waals surface area (Å²) in [7, 11) is 0. The van der Waals surface area contributed by atoms with E-state index in [1.807, 2.05) is 48.5 Å². The Hall–Kier alpha value is -2.29. The number of benzene rings is 2. The van der Waals surface area contributed by atoms with Crippen LogP contribution in [-0.4, -0.2) is 19.0 Å². The molecule has 3 nitrogen and oxygen atoms in total. The van der Waals surface area contributed by atoms with E-state index >= 15 is 0 Å². The predicted molar refractivity (Wildman–Crippen MR) is 102 cm³/mol. The van der Waals surface area contributed by atoms with Gasteiger partial charge in [-0.15, -0.1) is 0 Å². The lowest BCUT2D eigenvalue weighted by molar-refractivity contribution is 0.0921. The minimum Gasteiger partial charge on any atom is -0.493 e. The lowest BCUT2D eigenvalue weighted by Gasteiger charge is -2.09. The van der Waals surface area contributed by atoms with Crippen LogP contribution in [0, 0.1) is 5.92 Å². The van der Waals surface area contributed by atoms with Crippen LogP contribution in [0.2, 0.25) is 0 Å². The van der Waals surface area contributed by atoms with Gasteiger partial charge in [0.1, 0.15) is 11.5 Å². The molecular formula is C22H28O3. The molecule has 25 heavy (non-hydrogen) atoms. The Balaban J connectivity index is 1.88. The molecule has 0 aliphatic carbocycles. The molecule has 0 saturated heterocycles. The summed E-state index contributed by atoms with van der Waals surface area (Å²) in [5.41, 5.74) is 1.94. The number of carbonyl (C=O) groups is 1. The van der Waals surface area contributed by atoms with E-state index in [-0.39, 0.29) is 12.4 Å². The maximum Gasteiger partial charge on any atom is 0.200 e. The first-order valence-electron chi connectivity index (χ1n) is 9.06. The van der Waals surface area contributed by atoms with Gasteiger partial charge in [-0.1, -0.05) is 57.5 Å². The van der Waals surface area contributed by atoms with Crippen molar-refractivity contribution in [2.24, 2.45) is 5.92 Å². The number of unbranched alkanes of at least 4 members (excludes halogenated alkanes) is 1. The molecule has 0 radical (unpaired) electrons. The van der Waals surface area contributed by atoms with Crippen molar-refractivity contribution >= 4 is 5.78 Å². The first-order valence-corrected chi connectivity index (χ1v) is 9.06. The van der Waals surface area contributed by atoms with Crippen LogP contribution in [0.1, 0.15) is 49.5 Å².